The molecule has 0 spiro atoms. The van der Waals surface area contributed by atoms with Crippen LogP contribution in [0, 0.1) is 0 Å². The molecule has 2 heterocycles. The maximum absolute atomic E-state index is 12.7. The Hall–Kier alpha value is -1.79. The zero-order valence-corrected chi connectivity index (χ0v) is 14.6. The smallest absolute Gasteiger partial charge is 0.268 e. The minimum atomic E-state index is -0.579. The van der Waals surface area contributed by atoms with Crippen LogP contribution in [0.25, 0.3) is 0 Å². The second-order valence-corrected chi connectivity index (χ2v) is 6.12. The van der Waals surface area contributed by atoms with Gasteiger partial charge in [0.2, 0.25) is 5.91 Å². The van der Waals surface area contributed by atoms with E-state index in [4.69, 9.17) is 10.5 Å². The molecule has 3 rings (SSSR count). The Morgan fingerprint density at radius 3 is 2.83 bits per heavy atom. The molecule has 2 unspecified atom stereocenters. The van der Waals surface area contributed by atoms with Gasteiger partial charge in [0, 0.05) is 19.1 Å². The van der Waals surface area contributed by atoms with Crippen molar-refractivity contribution in [3.8, 4) is 5.75 Å². The van der Waals surface area contributed by atoms with E-state index >= 15 is 0 Å². The van der Waals surface area contributed by atoms with Crippen LogP contribution in [-0.4, -0.2) is 48.5 Å². The SMILES string of the molecule is CC1Oc2ccccc2N(CC(=O)N2CCCCC2CN)C1=O.Cl. The van der Waals surface area contributed by atoms with Gasteiger partial charge in [-0.15, -0.1) is 12.4 Å². The van der Waals surface area contributed by atoms with Gasteiger partial charge in [-0.05, 0) is 38.3 Å². The molecule has 0 radical (unpaired) electrons. The maximum Gasteiger partial charge on any atom is 0.268 e. The first kappa shape index (κ1) is 18.5. The Labute approximate surface area is 148 Å². The lowest BCUT2D eigenvalue weighted by Gasteiger charge is -2.38. The van der Waals surface area contributed by atoms with Gasteiger partial charge in [-0.1, -0.05) is 12.1 Å². The number of benzene rings is 1. The number of halogens is 1. The lowest BCUT2D eigenvalue weighted by atomic mass is 10.0. The summed E-state index contributed by atoms with van der Waals surface area (Å²) >= 11 is 0. The molecule has 2 N–H and O–H groups in total. The number of fused-ring (bicyclic) bond motifs is 1. The Morgan fingerprint density at radius 2 is 2.08 bits per heavy atom. The van der Waals surface area contributed by atoms with Gasteiger partial charge in [-0.3, -0.25) is 14.5 Å². The molecule has 132 valence electrons. The average molecular weight is 354 g/mol. The molecule has 7 heteroatoms. The monoisotopic (exact) mass is 353 g/mol. The number of carbonyl (C=O) groups excluding carboxylic acids is 2. The number of anilines is 1. The van der Waals surface area contributed by atoms with Gasteiger partial charge in [0.15, 0.2) is 6.10 Å². The van der Waals surface area contributed by atoms with Gasteiger partial charge in [0.25, 0.3) is 5.91 Å². The normalized spacial score (nSPS) is 23.2. The zero-order chi connectivity index (χ0) is 16.4. The molecular formula is C17H24ClN3O3. The quantitative estimate of drug-likeness (QED) is 0.894. The lowest BCUT2D eigenvalue weighted by molar-refractivity contribution is -0.135. The van der Waals surface area contributed by atoms with E-state index in [0.29, 0.717) is 18.0 Å². The maximum atomic E-state index is 12.7. The van der Waals surface area contributed by atoms with Crippen LogP contribution in [0.3, 0.4) is 0 Å². The standard InChI is InChI=1S/C17H23N3O3.ClH/c1-12-17(22)20(14-7-2-3-8-15(14)23-12)11-16(21)19-9-5-4-6-13(19)10-18;/h2-3,7-8,12-13H,4-6,9-11,18H2,1H3;1H. The van der Waals surface area contributed by atoms with E-state index in [1.165, 1.54) is 4.90 Å². The second kappa shape index (κ2) is 7.85. The highest BCUT2D eigenvalue weighted by Crippen LogP contribution is 2.33. The molecule has 0 saturated carbocycles. The summed E-state index contributed by atoms with van der Waals surface area (Å²) < 4.78 is 5.61. The van der Waals surface area contributed by atoms with Crippen molar-refractivity contribution in [2.75, 3.05) is 24.5 Å². The second-order valence-electron chi connectivity index (χ2n) is 6.12. The first-order valence-electron chi connectivity index (χ1n) is 8.18. The van der Waals surface area contributed by atoms with Crippen LogP contribution in [0.4, 0.5) is 5.69 Å². The van der Waals surface area contributed by atoms with Crippen molar-refractivity contribution < 1.29 is 14.3 Å². The van der Waals surface area contributed by atoms with Gasteiger partial charge in [0.05, 0.1) is 5.69 Å². The van der Waals surface area contributed by atoms with E-state index in [1.807, 2.05) is 29.2 Å². The summed E-state index contributed by atoms with van der Waals surface area (Å²) in [5.74, 6) is 0.414. The van der Waals surface area contributed by atoms with E-state index in [-0.39, 0.29) is 36.8 Å². The first-order valence-corrected chi connectivity index (χ1v) is 8.18. The van der Waals surface area contributed by atoms with Crippen molar-refractivity contribution in [3.05, 3.63) is 24.3 Å². The molecule has 0 bridgehead atoms. The number of amides is 2. The third kappa shape index (κ3) is 3.49. The summed E-state index contributed by atoms with van der Waals surface area (Å²) in [5, 5.41) is 0. The number of para-hydroxylation sites is 2. The molecule has 2 aliphatic heterocycles. The summed E-state index contributed by atoms with van der Waals surface area (Å²) in [6.07, 6.45) is 2.45. The van der Waals surface area contributed by atoms with Crippen LogP contribution in [0.2, 0.25) is 0 Å². The summed E-state index contributed by atoms with van der Waals surface area (Å²) in [6.45, 7) is 2.94. The molecule has 6 nitrogen and oxygen atoms in total. The molecule has 1 aromatic rings. The number of rotatable bonds is 3. The van der Waals surface area contributed by atoms with Crippen LogP contribution in [0.15, 0.2) is 24.3 Å². The fourth-order valence-corrected chi connectivity index (χ4v) is 3.32. The summed E-state index contributed by atoms with van der Waals surface area (Å²) in [7, 11) is 0. The third-order valence-corrected chi connectivity index (χ3v) is 4.59. The molecule has 0 aliphatic carbocycles. The number of likely N-dealkylation sites (tertiary alicyclic amines) is 1. The van der Waals surface area contributed by atoms with E-state index in [2.05, 4.69) is 0 Å². The van der Waals surface area contributed by atoms with Crippen LogP contribution in [0.5, 0.6) is 5.75 Å². The predicted molar refractivity (Wildman–Crippen MR) is 94.5 cm³/mol. The van der Waals surface area contributed by atoms with Crippen molar-refractivity contribution in [1.29, 1.82) is 0 Å². The van der Waals surface area contributed by atoms with Gasteiger partial charge >= 0.3 is 0 Å². The van der Waals surface area contributed by atoms with Crippen LogP contribution in [-0.2, 0) is 9.59 Å². The third-order valence-electron chi connectivity index (χ3n) is 4.59. The van der Waals surface area contributed by atoms with E-state index in [0.717, 1.165) is 25.8 Å². The van der Waals surface area contributed by atoms with Crippen molar-refractivity contribution in [2.45, 2.75) is 38.3 Å². The molecule has 24 heavy (non-hydrogen) atoms. The Kier molecular flexibility index (Phi) is 6.07. The first-order chi connectivity index (χ1) is 11.1. The highest BCUT2D eigenvalue weighted by atomic mass is 35.5. The summed E-state index contributed by atoms with van der Waals surface area (Å²) in [6, 6.07) is 7.41. The number of hydrogen-bond donors (Lipinski definition) is 1. The lowest BCUT2D eigenvalue weighted by Crippen LogP contribution is -2.54. The molecule has 1 aromatic carbocycles. The van der Waals surface area contributed by atoms with Crippen molar-refractivity contribution in [3.63, 3.8) is 0 Å². The van der Waals surface area contributed by atoms with Crippen LogP contribution < -0.4 is 15.4 Å². The molecule has 1 fully saturated rings. The average Bonchev–Trinajstić information content (AvgIpc) is 2.58. The fourth-order valence-electron chi connectivity index (χ4n) is 3.32. The highest BCUT2D eigenvalue weighted by Gasteiger charge is 2.34. The Morgan fingerprint density at radius 1 is 1.33 bits per heavy atom. The number of nitrogens with zero attached hydrogens (tertiary/aromatic N) is 2. The minimum absolute atomic E-state index is 0. The molecule has 2 amide bonds. The highest BCUT2D eigenvalue weighted by molar-refractivity contribution is 6.03. The van der Waals surface area contributed by atoms with Crippen molar-refractivity contribution in [2.24, 2.45) is 5.73 Å². The largest absolute Gasteiger partial charge is 0.479 e. The fraction of sp³-hybridized carbons (Fsp3) is 0.529. The van der Waals surface area contributed by atoms with Gasteiger partial charge in [-0.25, -0.2) is 0 Å². The zero-order valence-electron chi connectivity index (χ0n) is 13.8. The van der Waals surface area contributed by atoms with Crippen molar-refractivity contribution >= 4 is 29.9 Å². The topological polar surface area (TPSA) is 75.9 Å². The van der Waals surface area contributed by atoms with E-state index in [9.17, 15) is 9.59 Å². The number of ether oxygens (including phenoxy) is 1. The van der Waals surface area contributed by atoms with Gasteiger partial charge in [-0.2, -0.15) is 0 Å². The summed E-state index contributed by atoms with van der Waals surface area (Å²) in [5.41, 5.74) is 6.45. The van der Waals surface area contributed by atoms with E-state index < -0.39 is 6.10 Å². The van der Waals surface area contributed by atoms with E-state index in [1.54, 1.807) is 6.92 Å². The molecule has 2 atom stereocenters. The van der Waals surface area contributed by atoms with Crippen LogP contribution >= 0.6 is 12.4 Å². The predicted octanol–water partition coefficient (Wildman–Crippen LogP) is 1.56. The molecule has 0 aromatic heterocycles. The van der Waals surface area contributed by atoms with Gasteiger partial charge < -0.3 is 15.4 Å². The van der Waals surface area contributed by atoms with Crippen molar-refractivity contribution in [1.82, 2.24) is 4.90 Å². The molecular weight excluding hydrogens is 330 g/mol. The molecule has 1 saturated heterocycles. The number of piperidine rings is 1. The number of hydrogen-bond acceptors (Lipinski definition) is 4. The number of nitrogens with two attached hydrogens (primary N) is 1. The minimum Gasteiger partial charge on any atom is -0.479 e. The molecule has 2 aliphatic rings. The Balaban J connectivity index is 0.00000208. The summed E-state index contributed by atoms with van der Waals surface area (Å²) in [4.78, 5) is 28.6. The number of carbonyl (C=O) groups is 2. The van der Waals surface area contributed by atoms with Crippen LogP contribution in [0.1, 0.15) is 26.2 Å². The van der Waals surface area contributed by atoms with Gasteiger partial charge in [0.1, 0.15) is 12.3 Å². The Bertz CT molecular complexity index is 610.